The first-order valence-electron chi connectivity index (χ1n) is 8.91. The molecule has 0 saturated heterocycles. The van der Waals surface area contributed by atoms with Crippen LogP contribution in [0.3, 0.4) is 0 Å². The first-order chi connectivity index (χ1) is 13.8. The lowest BCUT2D eigenvalue weighted by atomic mass is 10.2. The van der Waals surface area contributed by atoms with E-state index in [-0.39, 0.29) is 0 Å². The third-order valence-electron chi connectivity index (χ3n) is 4.11. The van der Waals surface area contributed by atoms with E-state index in [1.807, 2.05) is 84.2 Å². The third-order valence-corrected chi connectivity index (χ3v) is 4.85. The Balaban J connectivity index is 1.45. The molecule has 0 aliphatic carbocycles. The van der Waals surface area contributed by atoms with Crippen LogP contribution < -0.4 is 10.2 Å². The average Bonchev–Trinajstić information content (AvgIpc) is 3.21. The van der Waals surface area contributed by atoms with Gasteiger partial charge in [0, 0.05) is 16.5 Å². The van der Waals surface area contributed by atoms with Gasteiger partial charge in [0.2, 0.25) is 5.13 Å². The van der Waals surface area contributed by atoms with Gasteiger partial charge in [-0.05, 0) is 31.2 Å². The maximum absolute atomic E-state index is 6.00. The highest BCUT2D eigenvalue weighted by Crippen LogP contribution is 2.26. The van der Waals surface area contributed by atoms with Crippen molar-refractivity contribution in [3.8, 4) is 22.8 Å². The molecule has 0 spiro atoms. The van der Waals surface area contributed by atoms with Gasteiger partial charge in [0.15, 0.2) is 0 Å². The summed E-state index contributed by atoms with van der Waals surface area (Å²) in [5, 5.41) is 7.09. The van der Waals surface area contributed by atoms with Crippen molar-refractivity contribution in [2.75, 3.05) is 5.43 Å². The average molecular weight is 385 g/mol. The van der Waals surface area contributed by atoms with E-state index in [2.05, 4.69) is 22.4 Å². The van der Waals surface area contributed by atoms with Gasteiger partial charge < -0.3 is 4.74 Å². The molecular weight excluding hydrogens is 366 g/mol. The number of hydrogen-bond donors (Lipinski definition) is 1. The number of aryl methyl sites for hydroxylation is 1. The maximum atomic E-state index is 6.00. The Labute approximate surface area is 168 Å². The highest BCUT2D eigenvalue weighted by atomic mass is 32.1. The number of benzene rings is 3. The molecule has 4 nitrogen and oxygen atoms in total. The minimum Gasteiger partial charge on any atom is -0.457 e. The predicted octanol–water partition coefficient (Wildman–Crippen LogP) is 6.36. The number of aromatic nitrogens is 1. The molecule has 0 aliphatic heterocycles. The molecule has 0 bridgehead atoms. The van der Waals surface area contributed by atoms with Crippen molar-refractivity contribution in [2.45, 2.75) is 6.92 Å². The number of anilines is 1. The van der Waals surface area contributed by atoms with Gasteiger partial charge in [-0.2, -0.15) is 5.10 Å². The van der Waals surface area contributed by atoms with Crippen LogP contribution in [0.25, 0.3) is 11.3 Å². The largest absolute Gasteiger partial charge is 0.457 e. The molecule has 1 heterocycles. The van der Waals surface area contributed by atoms with E-state index in [9.17, 15) is 0 Å². The molecule has 0 unspecified atom stereocenters. The molecule has 0 saturated carbocycles. The number of para-hydroxylation sites is 1. The van der Waals surface area contributed by atoms with E-state index in [4.69, 9.17) is 4.74 Å². The van der Waals surface area contributed by atoms with Gasteiger partial charge in [-0.1, -0.05) is 60.2 Å². The van der Waals surface area contributed by atoms with Crippen LogP contribution in [0.5, 0.6) is 11.5 Å². The zero-order chi connectivity index (χ0) is 19.2. The molecular formula is C23H19N3OS. The molecule has 3 aromatic carbocycles. The van der Waals surface area contributed by atoms with Crippen molar-refractivity contribution in [3.63, 3.8) is 0 Å². The van der Waals surface area contributed by atoms with Crippen molar-refractivity contribution in [3.05, 3.63) is 95.4 Å². The fourth-order valence-electron chi connectivity index (χ4n) is 2.64. The molecule has 0 amide bonds. The molecule has 4 rings (SSSR count). The van der Waals surface area contributed by atoms with Crippen LogP contribution in [0.15, 0.2) is 89.3 Å². The summed E-state index contributed by atoms with van der Waals surface area (Å²) in [6.07, 6.45) is 1.74. The van der Waals surface area contributed by atoms with Gasteiger partial charge in [-0.15, -0.1) is 11.3 Å². The van der Waals surface area contributed by atoms with Gasteiger partial charge in [0.1, 0.15) is 11.5 Å². The fraction of sp³-hybridized carbons (Fsp3) is 0.0435. The normalized spacial score (nSPS) is 10.9. The Morgan fingerprint density at radius 2 is 1.68 bits per heavy atom. The summed E-state index contributed by atoms with van der Waals surface area (Å²) in [6.45, 7) is 2.05. The van der Waals surface area contributed by atoms with Crippen LogP contribution in [0, 0.1) is 6.92 Å². The van der Waals surface area contributed by atoms with E-state index in [0.717, 1.165) is 33.5 Å². The number of nitrogens with one attached hydrogen (secondary N) is 1. The van der Waals surface area contributed by atoms with Crippen molar-refractivity contribution in [1.82, 2.24) is 4.98 Å². The first kappa shape index (κ1) is 17.9. The van der Waals surface area contributed by atoms with Crippen LogP contribution in [-0.4, -0.2) is 11.2 Å². The predicted molar refractivity (Wildman–Crippen MR) is 116 cm³/mol. The second-order valence-corrected chi connectivity index (χ2v) is 7.08. The highest BCUT2D eigenvalue weighted by molar-refractivity contribution is 7.14. The van der Waals surface area contributed by atoms with Crippen molar-refractivity contribution >= 4 is 22.7 Å². The van der Waals surface area contributed by atoms with Crippen LogP contribution in [0.4, 0.5) is 5.13 Å². The van der Waals surface area contributed by atoms with Crippen molar-refractivity contribution in [2.24, 2.45) is 5.10 Å². The van der Waals surface area contributed by atoms with Crippen molar-refractivity contribution < 1.29 is 4.74 Å². The Hall–Kier alpha value is -3.44. The minimum absolute atomic E-state index is 0.743. The zero-order valence-corrected chi connectivity index (χ0v) is 16.2. The summed E-state index contributed by atoms with van der Waals surface area (Å²) >= 11 is 1.52. The lowest BCUT2D eigenvalue weighted by molar-refractivity contribution is 0.482. The Kier molecular flexibility index (Phi) is 5.45. The summed E-state index contributed by atoms with van der Waals surface area (Å²) in [5.41, 5.74) is 7.11. The second kappa shape index (κ2) is 8.50. The topological polar surface area (TPSA) is 46.5 Å². The van der Waals surface area contributed by atoms with E-state index >= 15 is 0 Å². The summed E-state index contributed by atoms with van der Waals surface area (Å²) in [6, 6.07) is 25.9. The van der Waals surface area contributed by atoms with Gasteiger partial charge >= 0.3 is 0 Å². The smallest absolute Gasteiger partial charge is 0.203 e. The summed E-state index contributed by atoms with van der Waals surface area (Å²) in [7, 11) is 0. The van der Waals surface area contributed by atoms with Gasteiger partial charge in [0.25, 0.3) is 0 Å². The Bertz CT molecular complexity index is 1070. The number of ether oxygens (including phenoxy) is 1. The Morgan fingerprint density at radius 1 is 0.929 bits per heavy atom. The molecule has 5 heteroatoms. The number of hydrazone groups is 1. The van der Waals surface area contributed by atoms with Gasteiger partial charge in [-0.3, -0.25) is 5.43 Å². The van der Waals surface area contributed by atoms with E-state index in [0.29, 0.717) is 0 Å². The van der Waals surface area contributed by atoms with Crippen LogP contribution in [-0.2, 0) is 0 Å². The number of hydrogen-bond acceptors (Lipinski definition) is 5. The molecule has 0 radical (unpaired) electrons. The van der Waals surface area contributed by atoms with E-state index in [1.165, 1.54) is 16.9 Å². The SMILES string of the molecule is Cc1ccc(Oc2ccccc2C=NNc2nc(-c3ccccc3)cs2)cc1. The first-order valence-corrected chi connectivity index (χ1v) is 9.79. The molecule has 0 fully saturated rings. The molecule has 1 N–H and O–H groups in total. The lowest BCUT2D eigenvalue weighted by Gasteiger charge is -2.08. The molecule has 138 valence electrons. The molecule has 4 aromatic rings. The summed E-state index contributed by atoms with van der Waals surface area (Å²) in [5.74, 6) is 1.55. The third kappa shape index (κ3) is 4.45. The quantitative estimate of drug-likeness (QED) is 0.310. The number of thiazole rings is 1. The fourth-order valence-corrected chi connectivity index (χ4v) is 3.31. The van der Waals surface area contributed by atoms with Gasteiger partial charge in [0.05, 0.1) is 11.9 Å². The summed E-state index contributed by atoms with van der Waals surface area (Å²) in [4.78, 5) is 4.57. The molecule has 0 aliphatic rings. The highest BCUT2D eigenvalue weighted by Gasteiger charge is 2.04. The zero-order valence-electron chi connectivity index (χ0n) is 15.4. The van der Waals surface area contributed by atoms with Crippen LogP contribution >= 0.6 is 11.3 Å². The van der Waals surface area contributed by atoms with E-state index in [1.54, 1.807) is 6.21 Å². The Morgan fingerprint density at radius 3 is 2.50 bits per heavy atom. The van der Waals surface area contributed by atoms with Crippen LogP contribution in [0.2, 0.25) is 0 Å². The summed E-state index contributed by atoms with van der Waals surface area (Å²) < 4.78 is 6.00. The lowest BCUT2D eigenvalue weighted by Crippen LogP contribution is -1.94. The minimum atomic E-state index is 0.743. The maximum Gasteiger partial charge on any atom is 0.203 e. The molecule has 1 aromatic heterocycles. The standard InChI is InChI=1S/C23H19N3OS/c1-17-11-13-20(14-12-17)27-22-10-6-5-9-19(22)15-24-26-23-25-21(16-28-23)18-7-3-2-4-8-18/h2-16H,1H3,(H,25,26). The molecule has 0 atom stereocenters. The molecule has 28 heavy (non-hydrogen) atoms. The van der Waals surface area contributed by atoms with Gasteiger partial charge in [-0.25, -0.2) is 4.98 Å². The number of nitrogens with zero attached hydrogens (tertiary/aromatic N) is 2. The van der Waals surface area contributed by atoms with Crippen LogP contribution in [0.1, 0.15) is 11.1 Å². The monoisotopic (exact) mass is 385 g/mol. The second-order valence-electron chi connectivity index (χ2n) is 6.23. The van der Waals surface area contributed by atoms with Crippen molar-refractivity contribution in [1.29, 1.82) is 0 Å². The van der Waals surface area contributed by atoms with E-state index < -0.39 is 0 Å². The number of rotatable bonds is 6.